The van der Waals surface area contributed by atoms with Gasteiger partial charge in [-0.1, -0.05) is 0 Å². The number of rotatable bonds is 0. The van der Waals surface area contributed by atoms with Gasteiger partial charge in [0.05, 0.1) is 0 Å². The number of benzene rings is 3. The van der Waals surface area contributed by atoms with E-state index in [9.17, 15) is 0 Å². The van der Waals surface area contributed by atoms with Gasteiger partial charge in [0.25, 0.3) is 0 Å². The zero-order valence-corrected chi connectivity index (χ0v) is 16.9. The van der Waals surface area contributed by atoms with Crippen molar-refractivity contribution < 1.29 is 65.4 Å². The third-order valence-corrected chi connectivity index (χ3v) is 1.77. The molecule has 3 aromatic carbocycles. The molecule has 2 radical (unpaired) electrons. The Morgan fingerprint density at radius 2 is 0.700 bits per heavy atom. The van der Waals surface area contributed by atoms with Crippen LogP contribution < -0.4 is 0 Å². The van der Waals surface area contributed by atoms with Gasteiger partial charge in [-0.05, 0) is 0 Å². The monoisotopic (exact) mass is 408 g/mol. The predicted molar refractivity (Wildman–Crippen MR) is 74.7 cm³/mol. The maximum atomic E-state index is 2.89. The number of hydrogen-bond donors (Lipinski definition) is 0. The standard InChI is InChI=1S/2C6H5.C6H4.2Y/c3*1-2-4-6-5-3-1;;/h2*1-5H;1-3,6H;;/q2*-1;-2;;. The molecule has 3 rings (SSSR count). The fraction of sp³-hybridized carbons (Fsp3) is 0. The average Bonchev–Trinajstić information content (AvgIpc) is 2.54. The van der Waals surface area contributed by atoms with Gasteiger partial charge in [0.2, 0.25) is 0 Å². The molecular formula is C18H14Y2-4. The van der Waals surface area contributed by atoms with Crippen LogP contribution in [0.4, 0.5) is 0 Å². The average molecular weight is 408 g/mol. The van der Waals surface area contributed by atoms with Crippen molar-refractivity contribution in [3.8, 4) is 0 Å². The van der Waals surface area contributed by atoms with Crippen molar-refractivity contribution >= 4 is 0 Å². The summed E-state index contributed by atoms with van der Waals surface area (Å²) in [6.07, 6.45) is 0. The fourth-order valence-corrected chi connectivity index (χ4v) is 0.987. The Balaban J connectivity index is 0. The van der Waals surface area contributed by atoms with E-state index in [1.54, 1.807) is 6.07 Å². The van der Waals surface area contributed by atoms with Crippen molar-refractivity contribution in [3.05, 3.63) is 109 Å². The summed E-state index contributed by atoms with van der Waals surface area (Å²) in [6, 6.07) is 38.0. The molecule has 0 N–H and O–H groups in total. The Bertz CT molecular complexity index is 300. The minimum absolute atomic E-state index is 0. The van der Waals surface area contributed by atoms with Gasteiger partial charge >= 0.3 is 0 Å². The van der Waals surface area contributed by atoms with Crippen LogP contribution in [0.15, 0.2) is 84.9 Å². The van der Waals surface area contributed by atoms with Crippen LogP contribution in [0.5, 0.6) is 0 Å². The summed E-state index contributed by atoms with van der Waals surface area (Å²) in [7, 11) is 0. The summed E-state index contributed by atoms with van der Waals surface area (Å²) in [4.78, 5) is 0. The molecular weight excluding hydrogens is 394 g/mol. The first-order chi connectivity index (χ1) is 9.00. The first-order valence-corrected chi connectivity index (χ1v) is 5.64. The molecule has 0 bridgehead atoms. The van der Waals surface area contributed by atoms with Gasteiger partial charge in [0.1, 0.15) is 0 Å². The quantitative estimate of drug-likeness (QED) is 0.488. The molecule has 0 heterocycles. The van der Waals surface area contributed by atoms with Gasteiger partial charge in [-0.15, -0.1) is 0 Å². The van der Waals surface area contributed by atoms with E-state index in [2.05, 4.69) is 24.3 Å². The third kappa shape index (κ3) is 15.9. The van der Waals surface area contributed by atoms with E-state index < -0.39 is 0 Å². The minimum Gasteiger partial charge on any atom is -0.359 e. The molecule has 0 atom stereocenters. The molecule has 0 saturated heterocycles. The Morgan fingerprint density at radius 1 is 0.350 bits per heavy atom. The van der Waals surface area contributed by atoms with Crippen molar-refractivity contribution in [2.75, 3.05) is 0 Å². The van der Waals surface area contributed by atoms with Crippen molar-refractivity contribution in [2.24, 2.45) is 0 Å². The molecule has 0 amide bonds. The van der Waals surface area contributed by atoms with Gasteiger partial charge in [-0.25, -0.2) is 0 Å². The van der Waals surface area contributed by atoms with E-state index >= 15 is 0 Å². The molecule has 0 unspecified atom stereocenters. The first kappa shape index (κ1) is 22.2. The molecule has 0 aromatic heterocycles. The summed E-state index contributed by atoms with van der Waals surface area (Å²) in [6.45, 7) is 0. The van der Waals surface area contributed by atoms with E-state index in [1.807, 2.05) is 78.9 Å². The summed E-state index contributed by atoms with van der Waals surface area (Å²) in [5.74, 6) is 0. The van der Waals surface area contributed by atoms with Crippen LogP contribution >= 0.6 is 0 Å². The molecule has 0 spiro atoms. The predicted octanol–water partition coefficient (Wildman–Crippen LogP) is 4.26. The maximum absolute atomic E-state index is 2.89. The van der Waals surface area contributed by atoms with E-state index in [1.165, 1.54) is 0 Å². The molecule has 0 aliphatic heterocycles. The van der Waals surface area contributed by atoms with Crippen molar-refractivity contribution in [3.63, 3.8) is 0 Å². The van der Waals surface area contributed by atoms with Gasteiger partial charge in [-0.3, -0.25) is 18.2 Å². The van der Waals surface area contributed by atoms with Crippen LogP contribution in [0.1, 0.15) is 0 Å². The minimum atomic E-state index is 0. The zero-order chi connectivity index (χ0) is 12.7. The van der Waals surface area contributed by atoms with Crippen LogP contribution in [0.25, 0.3) is 0 Å². The normalized spacial score (nSPS) is 7.20. The van der Waals surface area contributed by atoms with Crippen LogP contribution in [0, 0.1) is 24.3 Å². The molecule has 0 fully saturated rings. The van der Waals surface area contributed by atoms with Crippen molar-refractivity contribution in [1.29, 1.82) is 0 Å². The summed E-state index contributed by atoms with van der Waals surface area (Å²) >= 11 is 0. The Morgan fingerprint density at radius 3 is 0.800 bits per heavy atom. The Kier molecular flexibility index (Phi) is 20.9. The summed E-state index contributed by atoms with van der Waals surface area (Å²) in [5.41, 5.74) is 0. The number of hydrogen-bond acceptors (Lipinski definition) is 0. The molecule has 0 aliphatic carbocycles. The van der Waals surface area contributed by atoms with E-state index in [4.69, 9.17) is 0 Å². The van der Waals surface area contributed by atoms with E-state index in [0.29, 0.717) is 0 Å². The molecule has 20 heavy (non-hydrogen) atoms. The van der Waals surface area contributed by atoms with Crippen LogP contribution in [-0.2, 0) is 65.4 Å². The van der Waals surface area contributed by atoms with Crippen molar-refractivity contribution in [2.45, 2.75) is 0 Å². The molecule has 2 heteroatoms. The SMILES string of the molecule is [Y].[Y].[c-]1c[c-]ccc1.[c-]1ccccc1.[c-]1ccccc1. The molecule has 0 saturated carbocycles. The fourth-order valence-electron chi connectivity index (χ4n) is 0.987. The van der Waals surface area contributed by atoms with Crippen LogP contribution in [0.2, 0.25) is 0 Å². The second kappa shape index (κ2) is 18.9. The third-order valence-electron chi connectivity index (χ3n) is 1.77. The maximum Gasteiger partial charge on any atom is 0 e. The summed E-state index contributed by atoms with van der Waals surface area (Å²) in [5, 5.41) is 0. The van der Waals surface area contributed by atoms with Crippen molar-refractivity contribution in [1.82, 2.24) is 0 Å². The van der Waals surface area contributed by atoms with Gasteiger partial charge in [-0.2, -0.15) is 72.8 Å². The van der Waals surface area contributed by atoms with E-state index in [0.717, 1.165) is 0 Å². The van der Waals surface area contributed by atoms with Gasteiger partial charge < -0.3 is 18.2 Å². The van der Waals surface area contributed by atoms with E-state index in [-0.39, 0.29) is 65.4 Å². The smallest absolute Gasteiger partial charge is 0 e. The Labute approximate surface area is 172 Å². The topological polar surface area (TPSA) is 0 Å². The first-order valence-electron chi connectivity index (χ1n) is 5.64. The molecule has 3 aromatic rings. The molecule has 0 aliphatic rings. The Hall–Kier alpha value is -0.132. The second-order valence-electron chi connectivity index (χ2n) is 3.16. The van der Waals surface area contributed by atoms with Crippen LogP contribution in [-0.4, -0.2) is 0 Å². The largest absolute Gasteiger partial charge is 0.359 e. The zero-order valence-electron chi connectivity index (χ0n) is 11.2. The van der Waals surface area contributed by atoms with Gasteiger partial charge in [0.15, 0.2) is 0 Å². The second-order valence-corrected chi connectivity index (χ2v) is 3.16. The molecule has 96 valence electrons. The molecule has 0 nitrogen and oxygen atoms in total. The van der Waals surface area contributed by atoms with Gasteiger partial charge in [0, 0.05) is 65.4 Å². The summed E-state index contributed by atoms with van der Waals surface area (Å²) < 4.78 is 0. The van der Waals surface area contributed by atoms with Crippen LogP contribution in [0.3, 0.4) is 0 Å².